The molecule has 1 N–H and O–H groups in total. The number of amides is 1. The van der Waals surface area contributed by atoms with E-state index >= 15 is 0 Å². The van der Waals surface area contributed by atoms with E-state index in [4.69, 9.17) is 11.6 Å². The number of halogens is 1. The number of piperidine rings is 1. The van der Waals surface area contributed by atoms with Crippen LogP contribution in [0.4, 0.5) is 0 Å². The summed E-state index contributed by atoms with van der Waals surface area (Å²) in [5.74, 6) is 1.19. The van der Waals surface area contributed by atoms with Crippen LogP contribution in [0.25, 0.3) is 11.3 Å². The van der Waals surface area contributed by atoms with E-state index in [1.807, 2.05) is 29.9 Å². The second-order valence-electron chi connectivity index (χ2n) is 9.14. The maximum Gasteiger partial charge on any atom is 0.272 e. The zero-order valence-corrected chi connectivity index (χ0v) is 20.7. The van der Waals surface area contributed by atoms with E-state index in [1.54, 1.807) is 11.8 Å². The van der Waals surface area contributed by atoms with Gasteiger partial charge in [-0.15, -0.1) is 11.8 Å². The molecule has 0 unspecified atom stereocenters. The predicted octanol–water partition coefficient (Wildman–Crippen LogP) is 5.30. The minimum absolute atomic E-state index is 0.0694. The summed E-state index contributed by atoms with van der Waals surface area (Å²) in [5.41, 5.74) is 6.27. The second kappa shape index (κ2) is 9.53. The molecule has 5 nitrogen and oxygen atoms in total. The molecule has 0 spiro atoms. The van der Waals surface area contributed by atoms with Crippen molar-refractivity contribution in [1.82, 2.24) is 20.0 Å². The molecule has 1 fully saturated rings. The number of benzene rings is 2. The van der Waals surface area contributed by atoms with Crippen LogP contribution in [-0.2, 0) is 19.3 Å². The van der Waals surface area contributed by atoms with E-state index in [0.717, 1.165) is 55.0 Å². The zero-order chi connectivity index (χ0) is 22.9. The van der Waals surface area contributed by atoms with Gasteiger partial charge >= 0.3 is 0 Å². The molecule has 0 aliphatic carbocycles. The van der Waals surface area contributed by atoms with Gasteiger partial charge in [0.15, 0.2) is 5.69 Å². The van der Waals surface area contributed by atoms with E-state index in [9.17, 15) is 4.79 Å². The fourth-order valence-corrected chi connectivity index (χ4v) is 6.03. The zero-order valence-electron chi connectivity index (χ0n) is 19.1. The number of carbonyl (C=O) groups is 1. The number of fused-ring (bicyclic) bond motifs is 3. The van der Waals surface area contributed by atoms with Gasteiger partial charge in [-0.2, -0.15) is 5.10 Å². The smallest absolute Gasteiger partial charge is 0.272 e. The Morgan fingerprint density at radius 3 is 2.70 bits per heavy atom. The molecular formula is C26H29ClN4OS. The van der Waals surface area contributed by atoms with E-state index in [0.29, 0.717) is 23.2 Å². The van der Waals surface area contributed by atoms with E-state index in [-0.39, 0.29) is 5.91 Å². The van der Waals surface area contributed by atoms with Gasteiger partial charge in [-0.3, -0.25) is 14.4 Å². The van der Waals surface area contributed by atoms with Gasteiger partial charge in [0.25, 0.3) is 5.91 Å². The van der Waals surface area contributed by atoms with Crippen LogP contribution < -0.4 is 5.32 Å². The molecule has 172 valence electrons. The number of likely N-dealkylation sites (tertiary alicyclic amines) is 1. The second-order valence-corrected chi connectivity index (χ2v) is 10.6. The van der Waals surface area contributed by atoms with Crippen LogP contribution in [0.15, 0.2) is 47.4 Å². The summed E-state index contributed by atoms with van der Waals surface area (Å²) in [5, 5.41) is 8.46. The number of hydrogen-bond donors (Lipinski definition) is 1. The van der Waals surface area contributed by atoms with Gasteiger partial charge in [-0.25, -0.2) is 0 Å². The lowest BCUT2D eigenvalue weighted by atomic mass is 9.96. The van der Waals surface area contributed by atoms with Crippen LogP contribution in [0.1, 0.15) is 40.0 Å². The number of hydrogen-bond acceptors (Lipinski definition) is 4. The Kier molecular flexibility index (Phi) is 6.50. The Morgan fingerprint density at radius 2 is 1.94 bits per heavy atom. The van der Waals surface area contributed by atoms with Crippen LogP contribution in [0.2, 0.25) is 5.02 Å². The Labute approximate surface area is 204 Å². The minimum atomic E-state index is -0.0694. The van der Waals surface area contributed by atoms with Gasteiger partial charge in [0.2, 0.25) is 0 Å². The van der Waals surface area contributed by atoms with E-state index in [2.05, 4.69) is 46.5 Å². The normalized spacial score (nSPS) is 16.3. The van der Waals surface area contributed by atoms with Crippen LogP contribution in [0.3, 0.4) is 0 Å². The average molecular weight is 481 g/mol. The fraction of sp³-hybridized carbons (Fsp3) is 0.385. The molecule has 1 amide bonds. The lowest BCUT2D eigenvalue weighted by molar-refractivity contribution is 0.0929. The summed E-state index contributed by atoms with van der Waals surface area (Å²) in [4.78, 5) is 16.7. The van der Waals surface area contributed by atoms with Crippen molar-refractivity contribution in [3.8, 4) is 11.3 Å². The van der Waals surface area contributed by atoms with Gasteiger partial charge in [-0.05, 0) is 62.5 Å². The number of nitrogens with one attached hydrogen (secondary N) is 1. The van der Waals surface area contributed by atoms with Gasteiger partial charge in [0.1, 0.15) is 0 Å². The summed E-state index contributed by atoms with van der Waals surface area (Å²) in [7, 11) is 1.90. The first kappa shape index (κ1) is 22.5. The third-order valence-corrected chi connectivity index (χ3v) is 8.05. The van der Waals surface area contributed by atoms with Crippen LogP contribution in [0.5, 0.6) is 0 Å². The molecule has 0 atom stereocenters. The topological polar surface area (TPSA) is 50.2 Å². The minimum Gasteiger partial charge on any atom is -0.350 e. The van der Waals surface area contributed by atoms with Crippen molar-refractivity contribution in [2.24, 2.45) is 13.0 Å². The summed E-state index contributed by atoms with van der Waals surface area (Å²) in [6.07, 6.45) is 2.21. The standard InChI is InChI=1S/C26H29ClN4OS/c1-17-3-5-19(6-4-17)15-31-11-9-18(10-12-31)14-28-26(32)24-22-16-33-23-8-7-20(27)13-21(23)25(22)30(2)29-24/h3-8,13,18H,9-12,14-16H2,1-2H3,(H,28,32). The van der Waals surface area contributed by atoms with Gasteiger partial charge in [0.05, 0.1) is 5.69 Å². The lowest BCUT2D eigenvalue weighted by Crippen LogP contribution is -2.38. The monoisotopic (exact) mass is 480 g/mol. The highest BCUT2D eigenvalue weighted by molar-refractivity contribution is 7.98. The first-order chi connectivity index (χ1) is 16.0. The molecule has 1 aromatic heterocycles. The van der Waals surface area contributed by atoms with Crippen molar-refractivity contribution in [1.29, 1.82) is 0 Å². The number of thioether (sulfide) groups is 1. The third kappa shape index (κ3) is 4.84. The van der Waals surface area contributed by atoms with Gasteiger partial charge < -0.3 is 5.32 Å². The predicted molar refractivity (Wildman–Crippen MR) is 135 cm³/mol. The molecule has 1 saturated heterocycles. The SMILES string of the molecule is Cc1ccc(CN2CCC(CNC(=O)c3nn(C)c4c3CSc3ccc(Cl)cc3-4)CC2)cc1. The van der Waals surface area contributed by atoms with Crippen LogP contribution >= 0.6 is 23.4 Å². The maximum absolute atomic E-state index is 13.1. The van der Waals surface area contributed by atoms with Gasteiger partial charge in [-0.1, -0.05) is 41.4 Å². The molecular weight excluding hydrogens is 452 g/mol. The average Bonchev–Trinajstić information content (AvgIpc) is 3.17. The van der Waals surface area contributed by atoms with Crippen molar-refractivity contribution in [3.63, 3.8) is 0 Å². The first-order valence-corrected chi connectivity index (χ1v) is 12.9. The summed E-state index contributed by atoms with van der Waals surface area (Å²) >= 11 is 7.98. The van der Waals surface area contributed by atoms with Crippen molar-refractivity contribution in [2.45, 2.75) is 37.0 Å². The number of aromatic nitrogens is 2. The molecule has 5 rings (SSSR count). The highest BCUT2D eigenvalue weighted by Crippen LogP contribution is 2.43. The quantitative estimate of drug-likeness (QED) is 0.538. The van der Waals surface area contributed by atoms with Crippen molar-refractivity contribution in [3.05, 3.63) is 69.9 Å². The first-order valence-electron chi connectivity index (χ1n) is 11.5. The molecule has 0 bridgehead atoms. The molecule has 3 aromatic rings. The molecule has 33 heavy (non-hydrogen) atoms. The molecule has 2 aliphatic rings. The Hall–Kier alpha value is -2.28. The molecule has 2 aliphatic heterocycles. The highest BCUT2D eigenvalue weighted by atomic mass is 35.5. The van der Waals surface area contributed by atoms with Crippen LogP contribution in [-0.4, -0.2) is 40.2 Å². The van der Waals surface area contributed by atoms with E-state index < -0.39 is 0 Å². The number of rotatable bonds is 5. The van der Waals surface area contributed by atoms with Crippen molar-refractivity contribution in [2.75, 3.05) is 19.6 Å². The van der Waals surface area contributed by atoms with Gasteiger partial charge in [0, 0.05) is 46.9 Å². The highest BCUT2D eigenvalue weighted by Gasteiger charge is 2.28. The molecule has 3 heterocycles. The van der Waals surface area contributed by atoms with E-state index in [1.165, 1.54) is 16.0 Å². The molecule has 7 heteroatoms. The Balaban J connectivity index is 1.18. The third-order valence-electron chi connectivity index (χ3n) is 6.71. The fourth-order valence-electron chi connectivity index (χ4n) is 4.81. The number of nitrogens with zero attached hydrogens (tertiary/aromatic N) is 3. The summed E-state index contributed by atoms with van der Waals surface area (Å²) in [6.45, 7) is 5.97. The maximum atomic E-state index is 13.1. The largest absolute Gasteiger partial charge is 0.350 e. The molecule has 0 saturated carbocycles. The van der Waals surface area contributed by atoms with Crippen molar-refractivity contribution >= 4 is 29.3 Å². The number of carbonyl (C=O) groups excluding carboxylic acids is 1. The lowest BCUT2D eigenvalue weighted by Gasteiger charge is -2.32. The molecule has 2 aromatic carbocycles. The molecule has 0 radical (unpaired) electrons. The van der Waals surface area contributed by atoms with Crippen molar-refractivity contribution < 1.29 is 4.79 Å². The van der Waals surface area contributed by atoms with Crippen LogP contribution in [0, 0.1) is 12.8 Å². The summed E-state index contributed by atoms with van der Waals surface area (Å²) in [6, 6.07) is 14.7. The Bertz CT molecular complexity index is 1170. The Morgan fingerprint density at radius 1 is 1.18 bits per heavy atom. The summed E-state index contributed by atoms with van der Waals surface area (Å²) < 4.78 is 1.82. The number of aryl methyl sites for hydroxylation is 2.